The summed E-state index contributed by atoms with van der Waals surface area (Å²) in [5.74, 6) is 0.272. The van der Waals surface area contributed by atoms with Gasteiger partial charge in [-0.25, -0.2) is 15.0 Å². The fourth-order valence-corrected chi connectivity index (χ4v) is 3.15. The number of nitrogens with one attached hydrogen (secondary N) is 1. The van der Waals surface area contributed by atoms with Gasteiger partial charge in [0.15, 0.2) is 5.65 Å². The molecule has 0 atom stereocenters. The Morgan fingerprint density at radius 3 is 2.83 bits per heavy atom. The molecule has 0 saturated heterocycles. The number of carbonyl (C=O) groups is 1. The molecule has 152 valence electrons. The van der Waals surface area contributed by atoms with Crippen LogP contribution < -0.4 is 10.1 Å². The van der Waals surface area contributed by atoms with Crippen LogP contribution in [0.25, 0.3) is 11.2 Å². The highest BCUT2D eigenvalue weighted by Gasteiger charge is 2.40. The minimum Gasteiger partial charge on any atom is -0.478 e. The van der Waals surface area contributed by atoms with Gasteiger partial charge in [-0.15, -0.1) is 0 Å². The largest absolute Gasteiger partial charge is 0.478 e. The highest BCUT2D eigenvalue weighted by atomic mass is 16.5. The molecule has 4 rings (SSSR count). The minimum absolute atomic E-state index is 0.237. The minimum atomic E-state index is -0.760. The molecular weight excluding hydrogens is 372 g/mol. The molecule has 1 aliphatic carbocycles. The molecule has 0 spiro atoms. The molecule has 1 amide bonds. The summed E-state index contributed by atoms with van der Waals surface area (Å²) in [7, 11) is 0. The lowest BCUT2D eigenvalue weighted by atomic mass is 10.2. The summed E-state index contributed by atoms with van der Waals surface area (Å²) in [6, 6.07) is 0. The van der Waals surface area contributed by atoms with Gasteiger partial charge in [0.25, 0.3) is 5.91 Å². The van der Waals surface area contributed by atoms with E-state index >= 15 is 0 Å². The predicted molar refractivity (Wildman–Crippen MR) is 106 cm³/mol. The lowest BCUT2D eigenvalue weighted by Gasteiger charge is -2.10. The van der Waals surface area contributed by atoms with Crippen molar-refractivity contribution in [1.29, 1.82) is 0 Å². The summed E-state index contributed by atoms with van der Waals surface area (Å²) in [6.45, 7) is 6.83. The molecule has 3 heterocycles. The molecule has 0 radical (unpaired) electrons. The van der Waals surface area contributed by atoms with E-state index in [0.717, 1.165) is 17.0 Å². The first-order valence-electron chi connectivity index (χ1n) is 9.66. The maximum Gasteiger partial charge on any atom is 0.255 e. The average molecular weight is 396 g/mol. The second-order valence-corrected chi connectivity index (χ2v) is 7.44. The monoisotopic (exact) mass is 396 g/mol. The highest BCUT2D eigenvalue weighted by molar-refractivity contribution is 6.04. The van der Waals surface area contributed by atoms with Crippen molar-refractivity contribution in [3.63, 3.8) is 0 Å². The Hall–Kier alpha value is -3.07. The van der Waals surface area contributed by atoms with Gasteiger partial charge in [0, 0.05) is 24.5 Å². The third-order valence-corrected chi connectivity index (χ3v) is 5.08. The molecule has 0 unspecified atom stereocenters. The molecule has 1 saturated carbocycles. The molecule has 2 N–H and O–H groups in total. The first kappa shape index (κ1) is 19.3. The molecule has 1 aliphatic rings. The van der Waals surface area contributed by atoms with Crippen molar-refractivity contribution in [2.24, 2.45) is 0 Å². The van der Waals surface area contributed by atoms with E-state index in [1.807, 2.05) is 25.3 Å². The summed E-state index contributed by atoms with van der Waals surface area (Å²) in [4.78, 5) is 30.3. The van der Waals surface area contributed by atoms with E-state index < -0.39 is 5.60 Å². The summed E-state index contributed by atoms with van der Waals surface area (Å²) in [6.07, 6.45) is 6.27. The number of hydrogen-bond acceptors (Lipinski definition) is 7. The fourth-order valence-electron chi connectivity index (χ4n) is 3.15. The third kappa shape index (κ3) is 3.91. The van der Waals surface area contributed by atoms with Crippen LogP contribution >= 0.6 is 0 Å². The lowest BCUT2D eigenvalue weighted by molar-refractivity contribution is 0.0897. The number of aryl methyl sites for hydroxylation is 1. The van der Waals surface area contributed by atoms with Crippen molar-refractivity contribution in [2.45, 2.75) is 45.8 Å². The molecular formula is C20H24N6O3. The van der Waals surface area contributed by atoms with E-state index in [0.29, 0.717) is 48.6 Å². The summed E-state index contributed by atoms with van der Waals surface area (Å²) >= 11 is 0. The molecule has 9 heteroatoms. The van der Waals surface area contributed by atoms with Crippen LogP contribution in [-0.4, -0.2) is 54.3 Å². The van der Waals surface area contributed by atoms with Crippen LogP contribution in [0.2, 0.25) is 0 Å². The van der Waals surface area contributed by atoms with Crippen molar-refractivity contribution in [1.82, 2.24) is 29.8 Å². The molecule has 29 heavy (non-hydrogen) atoms. The van der Waals surface area contributed by atoms with Crippen LogP contribution in [0.4, 0.5) is 0 Å². The zero-order valence-corrected chi connectivity index (χ0v) is 16.8. The van der Waals surface area contributed by atoms with Crippen molar-refractivity contribution >= 4 is 17.1 Å². The predicted octanol–water partition coefficient (Wildman–Crippen LogP) is 1.54. The molecule has 1 fully saturated rings. The normalized spacial score (nSPS) is 14.8. The average Bonchev–Trinajstić information content (AvgIpc) is 3.34. The quantitative estimate of drug-likeness (QED) is 0.622. The summed E-state index contributed by atoms with van der Waals surface area (Å²) in [5.41, 5.74) is 3.17. The number of hydrogen-bond donors (Lipinski definition) is 2. The fraction of sp³-hybridized carbons (Fsp3) is 0.450. The number of rotatable bonds is 7. The zero-order valence-electron chi connectivity index (χ0n) is 16.8. The zero-order chi connectivity index (χ0) is 20.6. The van der Waals surface area contributed by atoms with Crippen molar-refractivity contribution < 1.29 is 14.6 Å². The van der Waals surface area contributed by atoms with Gasteiger partial charge >= 0.3 is 0 Å². The maximum absolute atomic E-state index is 12.7. The lowest BCUT2D eigenvalue weighted by Crippen LogP contribution is -2.33. The van der Waals surface area contributed by atoms with Gasteiger partial charge < -0.3 is 19.7 Å². The van der Waals surface area contributed by atoms with Crippen molar-refractivity contribution in [2.75, 3.05) is 13.2 Å². The van der Waals surface area contributed by atoms with E-state index in [4.69, 9.17) is 4.74 Å². The number of aliphatic hydroxyl groups is 1. The van der Waals surface area contributed by atoms with E-state index in [1.54, 1.807) is 12.4 Å². The number of carbonyl (C=O) groups excluding carboxylic acids is 1. The van der Waals surface area contributed by atoms with Gasteiger partial charge in [-0.1, -0.05) is 0 Å². The van der Waals surface area contributed by atoms with E-state index in [1.165, 1.54) is 6.33 Å². The van der Waals surface area contributed by atoms with Crippen LogP contribution in [0, 0.1) is 13.8 Å². The molecule has 3 aromatic heterocycles. The second kappa shape index (κ2) is 7.40. The maximum atomic E-state index is 12.7. The van der Waals surface area contributed by atoms with Crippen molar-refractivity contribution in [3.05, 3.63) is 41.2 Å². The SMILES string of the molecule is CCOc1ncnc(Cn2cc(C(=O)NCC3(O)CC3)c3ncc(C)nc32)c1C. The Morgan fingerprint density at radius 1 is 1.31 bits per heavy atom. The van der Waals surface area contributed by atoms with Crippen LogP contribution in [0.3, 0.4) is 0 Å². The molecule has 9 nitrogen and oxygen atoms in total. The van der Waals surface area contributed by atoms with E-state index in [2.05, 4.69) is 25.3 Å². The summed E-state index contributed by atoms with van der Waals surface area (Å²) < 4.78 is 7.42. The van der Waals surface area contributed by atoms with Crippen LogP contribution in [0.15, 0.2) is 18.7 Å². The Labute approximate surface area is 168 Å². The van der Waals surface area contributed by atoms with Gasteiger partial charge in [-0.2, -0.15) is 0 Å². The first-order valence-corrected chi connectivity index (χ1v) is 9.66. The van der Waals surface area contributed by atoms with Gasteiger partial charge in [0.1, 0.15) is 11.8 Å². The topological polar surface area (TPSA) is 115 Å². The smallest absolute Gasteiger partial charge is 0.255 e. The van der Waals surface area contributed by atoms with E-state index in [-0.39, 0.29) is 12.5 Å². The molecule has 0 bridgehead atoms. The number of aromatic nitrogens is 5. The summed E-state index contributed by atoms with van der Waals surface area (Å²) in [5, 5.41) is 12.8. The standard InChI is InChI=1S/C20H24N6O3/c1-4-29-19-13(3)15(23-11-24-19)9-26-8-14(16-17(26)25-12(2)7-21-16)18(27)22-10-20(28)5-6-20/h7-8,11,28H,4-6,9-10H2,1-3H3,(H,22,27). The molecule has 0 aromatic carbocycles. The Morgan fingerprint density at radius 2 is 2.10 bits per heavy atom. The van der Waals surface area contributed by atoms with Gasteiger partial charge in [0.2, 0.25) is 5.88 Å². The number of fused-ring (bicyclic) bond motifs is 1. The molecule has 3 aromatic rings. The number of ether oxygens (including phenoxy) is 1. The third-order valence-electron chi connectivity index (χ3n) is 5.08. The van der Waals surface area contributed by atoms with Gasteiger partial charge in [-0.05, 0) is 33.6 Å². The second-order valence-electron chi connectivity index (χ2n) is 7.44. The van der Waals surface area contributed by atoms with Crippen LogP contribution in [0.5, 0.6) is 5.88 Å². The van der Waals surface area contributed by atoms with Gasteiger partial charge in [0.05, 0.1) is 35.7 Å². The van der Waals surface area contributed by atoms with Gasteiger partial charge in [-0.3, -0.25) is 9.78 Å². The van der Waals surface area contributed by atoms with E-state index in [9.17, 15) is 9.90 Å². The van der Waals surface area contributed by atoms with Crippen molar-refractivity contribution in [3.8, 4) is 5.88 Å². The first-order chi connectivity index (χ1) is 13.9. The van der Waals surface area contributed by atoms with Crippen LogP contribution in [-0.2, 0) is 6.54 Å². The highest BCUT2D eigenvalue weighted by Crippen LogP contribution is 2.34. The Bertz CT molecular complexity index is 1070. The Balaban J connectivity index is 1.68. The van der Waals surface area contributed by atoms with Crippen LogP contribution in [0.1, 0.15) is 47.1 Å². The molecule has 0 aliphatic heterocycles. The number of nitrogens with zero attached hydrogens (tertiary/aromatic N) is 5. The number of amides is 1. The Kier molecular flexibility index (Phi) is 4.91.